The van der Waals surface area contributed by atoms with Crippen LogP contribution in [0.2, 0.25) is 0 Å². The number of benzene rings is 1. The highest BCUT2D eigenvalue weighted by Crippen LogP contribution is 2.21. The molecule has 0 radical (unpaired) electrons. The number of aliphatic hydroxyl groups is 1. The molecule has 1 rings (SSSR count). The van der Waals surface area contributed by atoms with E-state index in [1.54, 1.807) is 11.8 Å². The molecule has 0 fully saturated rings. The fourth-order valence-electron chi connectivity index (χ4n) is 1.19. The van der Waals surface area contributed by atoms with Crippen molar-refractivity contribution < 1.29 is 5.11 Å². The maximum atomic E-state index is 9.10. The molecule has 15 heavy (non-hydrogen) atoms. The molecule has 1 aromatic rings. The Morgan fingerprint density at radius 1 is 1.40 bits per heavy atom. The fraction of sp³-hybridized carbons (Fsp3) is 0.455. The van der Waals surface area contributed by atoms with Crippen molar-refractivity contribution in [2.45, 2.75) is 17.9 Å². The lowest BCUT2D eigenvalue weighted by Crippen LogP contribution is -2.34. The van der Waals surface area contributed by atoms with Gasteiger partial charge in [-0.3, -0.25) is 0 Å². The number of thioether (sulfide) groups is 1. The maximum Gasteiger partial charge on any atom is 0.0592 e. The zero-order valence-corrected chi connectivity index (χ0v) is 11.1. The topological polar surface area (TPSA) is 32.3 Å². The van der Waals surface area contributed by atoms with Crippen molar-refractivity contribution in [3.05, 3.63) is 28.7 Å². The molecule has 0 aliphatic heterocycles. The molecule has 84 valence electrons. The molecule has 4 heteroatoms. The van der Waals surface area contributed by atoms with Crippen molar-refractivity contribution in [3.8, 4) is 0 Å². The van der Waals surface area contributed by atoms with Gasteiger partial charge in [0.25, 0.3) is 0 Å². The molecule has 0 aromatic heterocycles. The predicted molar refractivity (Wildman–Crippen MR) is 69.4 cm³/mol. The molecule has 0 bridgehead atoms. The quantitative estimate of drug-likeness (QED) is 0.790. The molecule has 2 N–H and O–H groups in total. The Balaban J connectivity index is 2.38. The molecule has 1 aromatic carbocycles. The Kier molecular flexibility index (Phi) is 6.32. The Labute approximate surface area is 104 Å². The number of halogens is 1. The van der Waals surface area contributed by atoms with E-state index in [0.717, 1.165) is 16.8 Å². The summed E-state index contributed by atoms with van der Waals surface area (Å²) in [6.07, 6.45) is 0. The minimum absolute atomic E-state index is 0.184. The lowest BCUT2D eigenvalue weighted by molar-refractivity contribution is 0.255. The summed E-state index contributed by atoms with van der Waals surface area (Å²) in [5.41, 5.74) is 0. The summed E-state index contributed by atoms with van der Waals surface area (Å²) in [5, 5.41) is 12.3. The van der Waals surface area contributed by atoms with Crippen molar-refractivity contribution >= 4 is 27.7 Å². The van der Waals surface area contributed by atoms with E-state index in [0.29, 0.717) is 0 Å². The van der Waals surface area contributed by atoms with Gasteiger partial charge in [-0.2, -0.15) is 0 Å². The predicted octanol–water partition coefficient (Wildman–Crippen LogP) is 2.51. The molecule has 0 heterocycles. The van der Waals surface area contributed by atoms with E-state index in [1.165, 1.54) is 4.90 Å². The zero-order valence-electron chi connectivity index (χ0n) is 8.74. The Morgan fingerprint density at radius 2 is 2.07 bits per heavy atom. The average Bonchev–Trinajstić information content (AvgIpc) is 2.26. The van der Waals surface area contributed by atoms with E-state index in [9.17, 15) is 0 Å². The molecule has 0 aliphatic carbocycles. The number of hydrogen-bond acceptors (Lipinski definition) is 3. The third-order valence-corrected chi connectivity index (χ3v) is 3.68. The van der Waals surface area contributed by atoms with Gasteiger partial charge in [0.15, 0.2) is 0 Å². The van der Waals surface area contributed by atoms with Gasteiger partial charge in [-0.1, -0.05) is 22.9 Å². The third-order valence-electron chi connectivity index (χ3n) is 1.98. The smallest absolute Gasteiger partial charge is 0.0592 e. The van der Waals surface area contributed by atoms with Crippen LogP contribution in [-0.2, 0) is 0 Å². The van der Waals surface area contributed by atoms with Crippen LogP contribution < -0.4 is 5.32 Å². The second-order valence-corrected chi connectivity index (χ2v) is 5.21. The summed E-state index contributed by atoms with van der Waals surface area (Å²) in [6.45, 7) is 3.14. The molecular formula is C11H16BrNOS. The van der Waals surface area contributed by atoms with E-state index in [1.807, 2.05) is 19.1 Å². The van der Waals surface area contributed by atoms with Gasteiger partial charge in [-0.25, -0.2) is 0 Å². The summed E-state index contributed by atoms with van der Waals surface area (Å²) < 4.78 is 1.09. The average molecular weight is 290 g/mol. The van der Waals surface area contributed by atoms with Crippen LogP contribution >= 0.6 is 27.7 Å². The lowest BCUT2D eigenvalue weighted by Gasteiger charge is -2.14. The lowest BCUT2D eigenvalue weighted by atomic mass is 10.3. The van der Waals surface area contributed by atoms with Crippen molar-refractivity contribution in [1.82, 2.24) is 5.32 Å². The summed E-state index contributed by atoms with van der Waals surface area (Å²) >= 11 is 5.16. The van der Waals surface area contributed by atoms with Gasteiger partial charge < -0.3 is 10.4 Å². The SMILES string of the molecule is CCNC(CO)CSc1ccc(Br)cc1. The first-order valence-corrected chi connectivity index (χ1v) is 6.76. The van der Waals surface area contributed by atoms with Crippen LogP contribution in [0.4, 0.5) is 0 Å². The summed E-state index contributed by atoms with van der Waals surface area (Å²) in [6, 6.07) is 8.40. The third kappa shape index (κ3) is 5.02. The van der Waals surface area contributed by atoms with E-state index in [-0.39, 0.29) is 12.6 Å². The molecule has 0 saturated carbocycles. The number of likely N-dealkylation sites (N-methyl/N-ethyl adjacent to an activating group) is 1. The van der Waals surface area contributed by atoms with Crippen LogP contribution in [0.3, 0.4) is 0 Å². The Hall–Kier alpha value is -0.0300. The maximum absolute atomic E-state index is 9.10. The first kappa shape index (κ1) is 13.0. The summed E-state index contributed by atoms with van der Waals surface area (Å²) in [4.78, 5) is 1.23. The highest BCUT2D eigenvalue weighted by atomic mass is 79.9. The highest BCUT2D eigenvalue weighted by Gasteiger charge is 2.05. The molecular weight excluding hydrogens is 274 g/mol. The molecule has 0 aliphatic rings. The number of aliphatic hydroxyl groups excluding tert-OH is 1. The second-order valence-electron chi connectivity index (χ2n) is 3.20. The standard InChI is InChI=1S/C11H16BrNOS/c1-2-13-10(7-14)8-15-11-5-3-9(12)4-6-11/h3-6,10,13-14H,2,7-8H2,1H3. The number of hydrogen-bond donors (Lipinski definition) is 2. The normalized spacial score (nSPS) is 12.7. The molecule has 0 spiro atoms. The second kappa shape index (κ2) is 7.28. The summed E-state index contributed by atoms with van der Waals surface area (Å²) in [5.74, 6) is 0.895. The first-order valence-electron chi connectivity index (χ1n) is 4.99. The minimum atomic E-state index is 0.184. The van der Waals surface area contributed by atoms with Gasteiger partial charge in [-0.05, 0) is 30.8 Å². The molecule has 1 atom stereocenters. The van der Waals surface area contributed by atoms with Gasteiger partial charge in [0, 0.05) is 21.2 Å². The van der Waals surface area contributed by atoms with Crippen LogP contribution in [0.5, 0.6) is 0 Å². The van der Waals surface area contributed by atoms with Crippen LogP contribution in [0.25, 0.3) is 0 Å². The van der Waals surface area contributed by atoms with E-state index in [2.05, 4.69) is 33.4 Å². The highest BCUT2D eigenvalue weighted by molar-refractivity contribution is 9.10. The van der Waals surface area contributed by atoms with E-state index < -0.39 is 0 Å². The molecule has 1 unspecified atom stereocenters. The van der Waals surface area contributed by atoms with Gasteiger partial charge in [-0.15, -0.1) is 11.8 Å². The molecule has 0 amide bonds. The van der Waals surface area contributed by atoms with Crippen molar-refractivity contribution in [1.29, 1.82) is 0 Å². The van der Waals surface area contributed by atoms with Crippen LogP contribution in [-0.4, -0.2) is 30.1 Å². The van der Waals surface area contributed by atoms with Crippen molar-refractivity contribution in [3.63, 3.8) is 0 Å². The van der Waals surface area contributed by atoms with Gasteiger partial charge in [0.2, 0.25) is 0 Å². The van der Waals surface area contributed by atoms with E-state index in [4.69, 9.17) is 5.11 Å². The van der Waals surface area contributed by atoms with Gasteiger partial charge in [0.05, 0.1) is 6.61 Å². The first-order chi connectivity index (χ1) is 7.26. The minimum Gasteiger partial charge on any atom is -0.395 e. The largest absolute Gasteiger partial charge is 0.395 e. The number of rotatable bonds is 6. The van der Waals surface area contributed by atoms with Crippen LogP contribution in [0, 0.1) is 0 Å². The van der Waals surface area contributed by atoms with Crippen LogP contribution in [0.1, 0.15) is 6.92 Å². The Bertz CT molecular complexity index is 278. The Morgan fingerprint density at radius 3 is 2.60 bits per heavy atom. The monoisotopic (exact) mass is 289 g/mol. The van der Waals surface area contributed by atoms with E-state index >= 15 is 0 Å². The van der Waals surface area contributed by atoms with Gasteiger partial charge in [0.1, 0.15) is 0 Å². The van der Waals surface area contributed by atoms with Crippen LogP contribution in [0.15, 0.2) is 33.6 Å². The molecule has 0 saturated heterocycles. The fourth-order valence-corrected chi connectivity index (χ4v) is 2.40. The number of nitrogens with one attached hydrogen (secondary N) is 1. The van der Waals surface area contributed by atoms with Crippen molar-refractivity contribution in [2.75, 3.05) is 18.9 Å². The van der Waals surface area contributed by atoms with Crippen molar-refractivity contribution in [2.24, 2.45) is 0 Å². The molecule has 2 nitrogen and oxygen atoms in total. The van der Waals surface area contributed by atoms with Gasteiger partial charge >= 0.3 is 0 Å². The zero-order chi connectivity index (χ0) is 11.1. The summed E-state index contributed by atoms with van der Waals surface area (Å²) in [7, 11) is 0.